The van der Waals surface area contributed by atoms with Crippen molar-refractivity contribution in [3.05, 3.63) is 51.9 Å². The van der Waals surface area contributed by atoms with Crippen LogP contribution in [0.5, 0.6) is 0 Å². The molecule has 5 heteroatoms. The largest absolute Gasteiger partial charge is 0.355 e. The van der Waals surface area contributed by atoms with Gasteiger partial charge < -0.3 is 4.90 Å². The van der Waals surface area contributed by atoms with Crippen molar-refractivity contribution in [2.75, 3.05) is 11.9 Å². The lowest BCUT2D eigenvalue weighted by Gasteiger charge is -2.18. The molecule has 0 amide bonds. The molecular formula is C13H13Cl2N3. The van der Waals surface area contributed by atoms with Crippen molar-refractivity contribution in [2.45, 2.75) is 13.5 Å². The minimum Gasteiger partial charge on any atom is -0.355 e. The number of benzene rings is 1. The smallest absolute Gasteiger partial charge is 0.134 e. The SMILES string of the molecule is Cc1nc(Cl)cc(N(C)Cc2cccc(Cl)c2)n1. The van der Waals surface area contributed by atoms with Crippen molar-refractivity contribution < 1.29 is 0 Å². The Kier molecular flexibility index (Phi) is 4.04. The topological polar surface area (TPSA) is 29.0 Å². The molecule has 94 valence electrons. The van der Waals surface area contributed by atoms with Crippen LogP contribution in [0.1, 0.15) is 11.4 Å². The summed E-state index contributed by atoms with van der Waals surface area (Å²) in [5.74, 6) is 1.46. The summed E-state index contributed by atoms with van der Waals surface area (Å²) in [5, 5.41) is 1.19. The maximum Gasteiger partial charge on any atom is 0.134 e. The summed E-state index contributed by atoms with van der Waals surface area (Å²) < 4.78 is 0. The van der Waals surface area contributed by atoms with Crippen LogP contribution in [0.4, 0.5) is 5.82 Å². The summed E-state index contributed by atoms with van der Waals surface area (Å²) in [6, 6.07) is 9.51. The van der Waals surface area contributed by atoms with Crippen LogP contribution in [0, 0.1) is 6.92 Å². The zero-order chi connectivity index (χ0) is 13.1. The quantitative estimate of drug-likeness (QED) is 0.803. The first-order valence-corrected chi connectivity index (χ1v) is 6.27. The molecule has 0 bridgehead atoms. The van der Waals surface area contributed by atoms with E-state index in [-0.39, 0.29) is 0 Å². The Balaban J connectivity index is 2.19. The standard InChI is InChI=1S/C13H13Cl2N3/c1-9-16-12(15)7-13(17-9)18(2)8-10-4-3-5-11(14)6-10/h3-7H,8H2,1-2H3. The third-order valence-corrected chi connectivity index (χ3v) is 2.92. The molecular weight excluding hydrogens is 269 g/mol. The molecule has 0 aliphatic heterocycles. The molecule has 2 rings (SSSR count). The lowest BCUT2D eigenvalue weighted by Crippen LogP contribution is -2.18. The monoisotopic (exact) mass is 281 g/mol. The van der Waals surface area contributed by atoms with Crippen molar-refractivity contribution in [3.63, 3.8) is 0 Å². The minimum atomic E-state index is 0.454. The third-order valence-electron chi connectivity index (χ3n) is 2.49. The molecule has 0 fully saturated rings. The van der Waals surface area contributed by atoms with Crippen LogP contribution in [0.3, 0.4) is 0 Å². The van der Waals surface area contributed by atoms with E-state index >= 15 is 0 Å². The molecule has 0 unspecified atom stereocenters. The van der Waals surface area contributed by atoms with E-state index in [0.717, 1.165) is 16.4 Å². The number of anilines is 1. The van der Waals surface area contributed by atoms with Gasteiger partial charge in [-0.3, -0.25) is 0 Å². The summed E-state index contributed by atoms with van der Waals surface area (Å²) in [5.41, 5.74) is 1.12. The third kappa shape index (κ3) is 3.34. The van der Waals surface area contributed by atoms with Crippen LogP contribution < -0.4 is 4.90 Å². The van der Waals surface area contributed by atoms with Crippen molar-refractivity contribution in [1.29, 1.82) is 0 Å². The Morgan fingerprint density at radius 2 is 1.94 bits per heavy atom. The van der Waals surface area contributed by atoms with Gasteiger partial charge in [0.1, 0.15) is 16.8 Å². The molecule has 0 N–H and O–H groups in total. The van der Waals surface area contributed by atoms with Crippen LogP contribution in [0.25, 0.3) is 0 Å². The molecule has 2 aromatic rings. The van der Waals surface area contributed by atoms with Crippen LogP contribution in [-0.2, 0) is 6.54 Å². The molecule has 0 aliphatic rings. The van der Waals surface area contributed by atoms with Crippen LogP contribution in [0.15, 0.2) is 30.3 Å². The van der Waals surface area contributed by atoms with E-state index in [1.165, 1.54) is 0 Å². The highest BCUT2D eigenvalue weighted by Gasteiger charge is 2.06. The lowest BCUT2D eigenvalue weighted by molar-refractivity contribution is 0.879. The normalized spacial score (nSPS) is 10.4. The average molecular weight is 282 g/mol. The van der Waals surface area contributed by atoms with E-state index in [9.17, 15) is 0 Å². The van der Waals surface area contributed by atoms with Gasteiger partial charge in [-0.2, -0.15) is 0 Å². The molecule has 3 nitrogen and oxygen atoms in total. The second-order valence-corrected chi connectivity index (χ2v) is 4.91. The van der Waals surface area contributed by atoms with Crippen LogP contribution in [-0.4, -0.2) is 17.0 Å². The number of aromatic nitrogens is 2. The summed E-state index contributed by atoms with van der Waals surface area (Å²) in [6.45, 7) is 2.54. The van der Waals surface area contributed by atoms with E-state index < -0.39 is 0 Å². The van der Waals surface area contributed by atoms with Gasteiger partial charge in [-0.25, -0.2) is 9.97 Å². The van der Waals surface area contributed by atoms with Gasteiger partial charge in [0.25, 0.3) is 0 Å². The summed E-state index contributed by atoms with van der Waals surface area (Å²) in [4.78, 5) is 10.4. The number of hydrogen-bond acceptors (Lipinski definition) is 3. The van der Waals surface area contributed by atoms with Crippen LogP contribution in [0.2, 0.25) is 10.2 Å². The molecule has 1 aromatic heterocycles. The van der Waals surface area contributed by atoms with E-state index in [2.05, 4.69) is 9.97 Å². The molecule has 0 spiro atoms. The van der Waals surface area contributed by atoms with Crippen molar-refractivity contribution in [1.82, 2.24) is 9.97 Å². The highest BCUT2D eigenvalue weighted by atomic mass is 35.5. The van der Waals surface area contributed by atoms with E-state index in [0.29, 0.717) is 17.5 Å². The zero-order valence-electron chi connectivity index (χ0n) is 10.2. The molecule has 0 atom stereocenters. The van der Waals surface area contributed by atoms with Gasteiger partial charge in [-0.15, -0.1) is 0 Å². The molecule has 0 saturated heterocycles. The van der Waals surface area contributed by atoms with E-state index in [1.807, 2.05) is 43.1 Å². The second kappa shape index (κ2) is 5.55. The first-order valence-electron chi connectivity index (χ1n) is 5.51. The summed E-state index contributed by atoms with van der Waals surface area (Å²) in [6.07, 6.45) is 0. The summed E-state index contributed by atoms with van der Waals surface area (Å²) in [7, 11) is 1.96. The molecule has 18 heavy (non-hydrogen) atoms. The molecule has 0 saturated carbocycles. The molecule has 1 heterocycles. The Morgan fingerprint density at radius 1 is 1.17 bits per heavy atom. The van der Waals surface area contributed by atoms with Gasteiger partial charge in [0, 0.05) is 24.7 Å². The molecule has 0 radical (unpaired) electrons. The molecule has 1 aromatic carbocycles. The van der Waals surface area contributed by atoms with Gasteiger partial charge in [0.15, 0.2) is 0 Å². The minimum absolute atomic E-state index is 0.454. The van der Waals surface area contributed by atoms with Crippen LogP contribution >= 0.6 is 23.2 Å². The summed E-state index contributed by atoms with van der Waals surface area (Å²) >= 11 is 11.9. The maximum absolute atomic E-state index is 5.96. The van der Waals surface area contributed by atoms with Gasteiger partial charge in [-0.05, 0) is 24.6 Å². The van der Waals surface area contributed by atoms with Gasteiger partial charge in [0.2, 0.25) is 0 Å². The lowest BCUT2D eigenvalue weighted by atomic mass is 10.2. The van der Waals surface area contributed by atoms with Gasteiger partial charge in [0.05, 0.1) is 0 Å². The Labute approximate surface area is 116 Å². The first kappa shape index (κ1) is 13.1. The highest BCUT2D eigenvalue weighted by molar-refractivity contribution is 6.30. The molecule has 0 aliphatic carbocycles. The van der Waals surface area contributed by atoms with Gasteiger partial charge >= 0.3 is 0 Å². The number of nitrogens with zero attached hydrogens (tertiary/aromatic N) is 3. The van der Waals surface area contributed by atoms with Crippen molar-refractivity contribution in [3.8, 4) is 0 Å². The highest BCUT2D eigenvalue weighted by Crippen LogP contribution is 2.18. The number of hydrogen-bond donors (Lipinski definition) is 0. The fourth-order valence-electron chi connectivity index (χ4n) is 1.70. The number of aryl methyl sites for hydroxylation is 1. The Hall–Kier alpha value is -1.32. The maximum atomic E-state index is 5.96. The van der Waals surface area contributed by atoms with Gasteiger partial charge in [-0.1, -0.05) is 35.3 Å². The van der Waals surface area contributed by atoms with E-state index in [1.54, 1.807) is 6.07 Å². The zero-order valence-corrected chi connectivity index (χ0v) is 11.7. The Bertz CT molecular complexity index is 537. The predicted octanol–water partition coefficient (Wildman–Crippen LogP) is 3.73. The first-order chi connectivity index (χ1) is 8.54. The average Bonchev–Trinajstić information content (AvgIpc) is 2.27. The number of rotatable bonds is 3. The number of halogens is 2. The Morgan fingerprint density at radius 3 is 2.61 bits per heavy atom. The van der Waals surface area contributed by atoms with Crippen molar-refractivity contribution in [2.24, 2.45) is 0 Å². The second-order valence-electron chi connectivity index (χ2n) is 4.08. The fraction of sp³-hybridized carbons (Fsp3) is 0.231. The fourth-order valence-corrected chi connectivity index (χ4v) is 2.13. The predicted molar refractivity (Wildman–Crippen MR) is 75.3 cm³/mol. The van der Waals surface area contributed by atoms with E-state index in [4.69, 9.17) is 23.2 Å². The van der Waals surface area contributed by atoms with Crippen molar-refractivity contribution >= 4 is 29.0 Å².